The maximum absolute atomic E-state index is 12.3. The summed E-state index contributed by atoms with van der Waals surface area (Å²) in [5.74, 6) is 0.486. The van der Waals surface area contributed by atoms with Crippen LogP contribution in [0.5, 0.6) is 11.5 Å². The molecule has 1 amide bonds. The van der Waals surface area contributed by atoms with Crippen molar-refractivity contribution in [3.8, 4) is 17.6 Å². The van der Waals surface area contributed by atoms with Crippen LogP contribution in [0.25, 0.3) is 0 Å². The van der Waals surface area contributed by atoms with Gasteiger partial charge in [-0.1, -0.05) is 38.3 Å². The highest BCUT2D eigenvalue weighted by Crippen LogP contribution is 2.17. The van der Waals surface area contributed by atoms with Gasteiger partial charge in [-0.3, -0.25) is 4.79 Å². The average Bonchev–Trinajstić information content (AvgIpc) is 2.75. The largest absolute Gasteiger partial charge is 0.494 e. The number of carbonyl (C=O) groups is 2. The van der Waals surface area contributed by atoms with Crippen molar-refractivity contribution in [2.45, 2.75) is 45.4 Å². The zero-order chi connectivity index (χ0) is 21.6. The maximum Gasteiger partial charge on any atom is 0.343 e. The number of unbranched alkanes of at least 4 members (excludes halogenated alkanes) is 3. The summed E-state index contributed by atoms with van der Waals surface area (Å²) in [6.07, 6.45) is 5.09. The van der Waals surface area contributed by atoms with Gasteiger partial charge in [0, 0.05) is 6.54 Å². The van der Waals surface area contributed by atoms with Gasteiger partial charge in [0.1, 0.15) is 17.9 Å². The number of nitrogens with zero attached hydrogens (tertiary/aromatic N) is 1. The third-order valence-electron chi connectivity index (χ3n) is 4.47. The Morgan fingerprint density at radius 3 is 2.33 bits per heavy atom. The minimum absolute atomic E-state index is 0.138. The monoisotopic (exact) mass is 408 g/mol. The van der Waals surface area contributed by atoms with Crippen molar-refractivity contribution in [1.82, 2.24) is 5.32 Å². The van der Waals surface area contributed by atoms with Crippen molar-refractivity contribution in [2.75, 3.05) is 13.2 Å². The van der Waals surface area contributed by atoms with Crippen LogP contribution in [0.4, 0.5) is 0 Å². The van der Waals surface area contributed by atoms with E-state index < -0.39 is 5.97 Å². The van der Waals surface area contributed by atoms with Gasteiger partial charge in [-0.25, -0.2) is 4.79 Å². The van der Waals surface area contributed by atoms with E-state index in [9.17, 15) is 9.59 Å². The number of benzene rings is 2. The number of ether oxygens (including phenoxy) is 2. The summed E-state index contributed by atoms with van der Waals surface area (Å²) in [6.45, 7) is 3.30. The van der Waals surface area contributed by atoms with Crippen LogP contribution in [0.2, 0.25) is 0 Å². The number of carbonyl (C=O) groups excluding carboxylic acids is 2. The van der Waals surface area contributed by atoms with Gasteiger partial charge >= 0.3 is 5.97 Å². The Balaban J connectivity index is 1.77. The summed E-state index contributed by atoms with van der Waals surface area (Å²) in [6, 6.07) is 15.9. The third-order valence-corrected chi connectivity index (χ3v) is 4.47. The molecule has 0 unspecified atom stereocenters. The predicted molar refractivity (Wildman–Crippen MR) is 114 cm³/mol. The first kappa shape index (κ1) is 23.0. The Morgan fingerprint density at radius 2 is 1.67 bits per heavy atom. The van der Waals surface area contributed by atoms with Crippen molar-refractivity contribution < 1.29 is 19.1 Å². The number of esters is 1. The molecule has 0 aromatic heterocycles. The Labute approximate surface area is 177 Å². The van der Waals surface area contributed by atoms with Crippen molar-refractivity contribution in [1.29, 1.82) is 5.26 Å². The molecule has 0 bridgehead atoms. The summed E-state index contributed by atoms with van der Waals surface area (Å²) in [4.78, 5) is 23.6. The summed E-state index contributed by atoms with van der Waals surface area (Å²) in [5, 5.41) is 11.1. The predicted octanol–water partition coefficient (Wildman–Crippen LogP) is 4.44. The quantitative estimate of drug-likeness (QED) is 0.319. The highest BCUT2D eigenvalue weighted by molar-refractivity contribution is 5.91. The molecular formula is C24H28N2O4. The zero-order valence-corrected chi connectivity index (χ0v) is 17.4. The van der Waals surface area contributed by atoms with Gasteiger partial charge in [0.05, 0.1) is 18.2 Å². The molecule has 0 heterocycles. The van der Waals surface area contributed by atoms with Crippen LogP contribution in [-0.4, -0.2) is 25.0 Å². The topological polar surface area (TPSA) is 88.4 Å². The summed E-state index contributed by atoms with van der Waals surface area (Å²) in [5.41, 5.74) is 1.45. The molecule has 6 nitrogen and oxygen atoms in total. The average molecular weight is 408 g/mol. The molecule has 2 rings (SSSR count). The Kier molecular flexibility index (Phi) is 9.94. The molecule has 2 aromatic carbocycles. The summed E-state index contributed by atoms with van der Waals surface area (Å²) >= 11 is 0. The molecule has 30 heavy (non-hydrogen) atoms. The van der Waals surface area contributed by atoms with Crippen molar-refractivity contribution in [2.24, 2.45) is 0 Å². The van der Waals surface area contributed by atoms with E-state index in [1.54, 1.807) is 42.5 Å². The first-order valence-electron chi connectivity index (χ1n) is 10.3. The molecule has 1 N–H and O–H groups in total. The van der Waals surface area contributed by atoms with Gasteiger partial charge < -0.3 is 14.8 Å². The molecule has 0 saturated heterocycles. The van der Waals surface area contributed by atoms with E-state index >= 15 is 0 Å². The van der Waals surface area contributed by atoms with Crippen LogP contribution in [-0.2, 0) is 11.2 Å². The fourth-order valence-electron chi connectivity index (χ4n) is 2.78. The number of amides is 1. The van der Waals surface area contributed by atoms with Crippen LogP contribution in [0.3, 0.4) is 0 Å². The highest BCUT2D eigenvalue weighted by atomic mass is 16.5. The Hall–Kier alpha value is -3.33. The van der Waals surface area contributed by atoms with Crippen LogP contribution in [0.15, 0.2) is 48.5 Å². The molecule has 0 radical (unpaired) electrons. The first-order valence-corrected chi connectivity index (χ1v) is 10.3. The number of nitrogens with one attached hydrogen (secondary N) is 1. The van der Waals surface area contributed by atoms with Gasteiger partial charge in [-0.2, -0.15) is 5.26 Å². The van der Waals surface area contributed by atoms with Crippen LogP contribution < -0.4 is 14.8 Å². The number of nitriles is 1. The lowest BCUT2D eigenvalue weighted by atomic mass is 10.1. The third kappa shape index (κ3) is 8.36. The lowest BCUT2D eigenvalue weighted by Crippen LogP contribution is -2.24. The minimum atomic E-state index is -0.430. The van der Waals surface area contributed by atoms with Gasteiger partial charge in [0.15, 0.2) is 0 Å². The van der Waals surface area contributed by atoms with Crippen molar-refractivity contribution in [3.63, 3.8) is 0 Å². The molecule has 0 aliphatic heterocycles. The van der Waals surface area contributed by atoms with E-state index in [0.29, 0.717) is 30.9 Å². The standard InChI is InChI=1S/C24H28N2O4/c1-2-3-4-5-18-29-21-12-8-20(9-13-21)24(28)30-22-10-6-19(7-11-22)15-17-26-23(27)14-16-25/h6-13H,2-5,14-15,17-18H2,1H3,(H,26,27). The fraction of sp³-hybridized carbons (Fsp3) is 0.375. The Morgan fingerprint density at radius 1 is 0.967 bits per heavy atom. The van der Waals surface area contributed by atoms with E-state index in [1.165, 1.54) is 12.8 Å². The van der Waals surface area contributed by atoms with E-state index in [0.717, 1.165) is 24.2 Å². The molecular weight excluding hydrogens is 380 g/mol. The fourth-order valence-corrected chi connectivity index (χ4v) is 2.78. The van der Waals surface area contributed by atoms with Crippen molar-refractivity contribution in [3.05, 3.63) is 59.7 Å². The normalized spacial score (nSPS) is 10.1. The minimum Gasteiger partial charge on any atom is -0.494 e. The second kappa shape index (κ2) is 13.0. The van der Waals surface area contributed by atoms with E-state index in [4.69, 9.17) is 14.7 Å². The van der Waals surface area contributed by atoms with Gasteiger partial charge in [-0.15, -0.1) is 0 Å². The molecule has 158 valence electrons. The van der Waals surface area contributed by atoms with Gasteiger partial charge in [0.25, 0.3) is 0 Å². The van der Waals surface area contributed by atoms with Crippen LogP contribution in [0, 0.1) is 11.3 Å². The first-order chi connectivity index (χ1) is 14.6. The molecule has 0 aliphatic rings. The van der Waals surface area contributed by atoms with E-state index in [2.05, 4.69) is 12.2 Å². The number of hydrogen-bond donors (Lipinski definition) is 1. The Bertz CT molecular complexity index is 839. The highest BCUT2D eigenvalue weighted by Gasteiger charge is 2.09. The molecule has 0 spiro atoms. The summed E-state index contributed by atoms with van der Waals surface area (Å²) < 4.78 is 11.1. The lowest BCUT2D eigenvalue weighted by molar-refractivity contribution is -0.120. The SMILES string of the molecule is CCCCCCOc1ccc(C(=O)Oc2ccc(CCNC(=O)CC#N)cc2)cc1. The maximum atomic E-state index is 12.3. The van der Waals surface area contributed by atoms with Gasteiger partial charge in [-0.05, 0) is 54.8 Å². The lowest BCUT2D eigenvalue weighted by Gasteiger charge is -2.08. The second-order valence-corrected chi connectivity index (χ2v) is 6.90. The number of hydrogen-bond acceptors (Lipinski definition) is 5. The van der Waals surface area contributed by atoms with Crippen LogP contribution >= 0.6 is 0 Å². The van der Waals surface area contributed by atoms with Crippen molar-refractivity contribution >= 4 is 11.9 Å². The second-order valence-electron chi connectivity index (χ2n) is 6.90. The van der Waals surface area contributed by atoms with E-state index in [-0.39, 0.29) is 12.3 Å². The molecule has 0 saturated carbocycles. The molecule has 0 aliphatic carbocycles. The van der Waals surface area contributed by atoms with E-state index in [1.807, 2.05) is 12.1 Å². The smallest absolute Gasteiger partial charge is 0.343 e. The van der Waals surface area contributed by atoms with Crippen LogP contribution in [0.1, 0.15) is 54.9 Å². The summed E-state index contributed by atoms with van der Waals surface area (Å²) in [7, 11) is 0. The molecule has 0 atom stereocenters. The van der Waals surface area contributed by atoms with Gasteiger partial charge in [0.2, 0.25) is 5.91 Å². The zero-order valence-electron chi connectivity index (χ0n) is 17.4. The molecule has 2 aromatic rings. The molecule has 0 fully saturated rings. The number of rotatable bonds is 12. The molecule has 6 heteroatoms.